The fourth-order valence-corrected chi connectivity index (χ4v) is 0.386. The molecule has 0 unspecified atom stereocenters. The Hall–Kier alpha value is -1.02. The van der Waals surface area contributed by atoms with Gasteiger partial charge in [-0.1, -0.05) is 25.3 Å². The van der Waals surface area contributed by atoms with E-state index in [4.69, 9.17) is 0 Å². The lowest BCUT2D eigenvalue weighted by Crippen LogP contribution is -2.24. The monoisotopic (exact) mass is 124 g/mol. The van der Waals surface area contributed by atoms with Gasteiger partial charge in [0.15, 0.2) is 0 Å². The van der Waals surface area contributed by atoms with Crippen molar-refractivity contribution in [2.75, 3.05) is 7.05 Å². The highest BCUT2D eigenvalue weighted by Gasteiger charge is 1.77. The highest BCUT2D eigenvalue weighted by atomic mass is 15.3. The van der Waals surface area contributed by atoms with Crippen LogP contribution >= 0.6 is 0 Å². The summed E-state index contributed by atoms with van der Waals surface area (Å²) in [5.41, 5.74) is 6.36. The molecule has 2 nitrogen and oxygen atoms in total. The normalized spacial score (nSPS) is 9.44. The minimum absolute atomic E-state index is 0.817. The lowest BCUT2D eigenvalue weighted by atomic mass is 10.4. The standard InChI is InChI=1S/C7H12N2/c1-4-5-6-7(2)9-8-3/h4-6,8-9H,1-2H2,3H3/b6-5-. The van der Waals surface area contributed by atoms with E-state index in [9.17, 15) is 0 Å². The van der Waals surface area contributed by atoms with Gasteiger partial charge in [0.1, 0.15) is 0 Å². The third-order valence-corrected chi connectivity index (χ3v) is 0.719. The molecule has 0 aromatic rings. The Morgan fingerprint density at radius 3 is 2.67 bits per heavy atom. The fourth-order valence-electron chi connectivity index (χ4n) is 0.386. The smallest absolute Gasteiger partial charge is 0.0415 e. The van der Waals surface area contributed by atoms with E-state index in [2.05, 4.69) is 24.0 Å². The molecule has 0 spiro atoms. The molecule has 2 heteroatoms. The summed E-state index contributed by atoms with van der Waals surface area (Å²) in [4.78, 5) is 0. The zero-order valence-electron chi connectivity index (χ0n) is 5.65. The Morgan fingerprint density at radius 2 is 2.22 bits per heavy atom. The quantitative estimate of drug-likeness (QED) is 0.431. The number of hydrogen-bond donors (Lipinski definition) is 2. The molecule has 0 aliphatic rings. The highest BCUT2D eigenvalue weighted by molar-refractivity contribution is 5.15. The molecule has 0 aromatic heterocycles. The Morgan fingerprint density at radius 1 is 1.56 bits per heavy atom. The summed E-state index contributed by atoms with van der Waals surface area (Å²) < 4.78 is 0. The summed E-state index contributed by atoms with van der Waals surface area (Å²) in [5, 5.41) is 0. The molecule has 0 aliphatic heterocycles. The predicted molar refractivity (Wildman–Crippen MR) is 40.7 cm³/mol. The first kappa shape index (κ1) is 7.98. The van der Waals surface area contributed by atoms with Crippen LogP contribution in [-0.2, 0) is 0 Å². The average molecular weight is 124 g/mol. The largest absolute Gasteiger partial charge is 0.322 e. The molecule has 0 bridgehead atoms. The third kappa shape index (κ3) is 4.84. The van der Waals surface area contributed by atoms with Crippen LogP contribution < -0.4 is 10.9 Å². The molecule has 0 atom stereocenters. The molecule has 0 saturated carbocycles. The van der Waals surface area contributed by atoms with Gasteiger partial charge in [-0.15, -0.1) is 0 Å². The maximum Gasteiger partial charge on any atom is 0.0415 e. The first-order valence-corrected chi connectivity index (χ1v) is 2.72. The van der Waals surface area contributed by atoms with Crippen molar-refractivity contribution in [2.45, 2.75) is 0 Å². The van der Waals surface area contributed by atoms with Gasteiger partial charge >= 0.3 is 0 Å². The summed E-state index contributed by atoms with van der Waals surface area (Å²) in [5.74, 6) is 0. The maximum atomic E-state index is 3.67. The van der Waals surface area contributed by atoms with Crippen LogP contribution in [0.2, 0.25) is 0 Å². The van der Waals surface area contributed by atoms with Crippen molar-refractivity contribution in [2.24, 2.45) is 0 Å². The van der Waals surface area contributed by atoms with Crippen LogP contribution in [0.3, 0.4) is 0 Å². The van der Waals surface area contributed by atoms with Crippen molar-refractivity contribution >= 4 is 0 Å². The van der Waals surface area contributed by atoms with Gasteiger partial charge in [-0.2, -0.15) is 0 Å². The minimum atomic E-state index is 0.817. The molecule has 0 saturated heterocycles. The predicted octanol–water partition coefficient (Wildman–Crippen LogP) is 0.966. The molecule has 0 aliphatic carbocycles. The summed E-state index contributed by atoms with van der Waals surface area (Å²) >= 11 is 0. The maximum absolute atomic E-state index is 3.67. The molecule has 0 amide bonds. The first-order valence-electron chi connectivity index (χ1n) is 2.72. The van der Waals surface area contributed by atoms with Gasteiger partial charge in [0.25, 0.3) is 0 Å². The van der Waals surface area contributed by atoms with Crippen LogP contribution in [0.1, 0.15) is 0 Å². The van der Waals surface area contributed by atoms with Crippen molar-refractivity contribution in [3.05, 3.63) is 37.1 Å². The molecule has 9 heavy (non-hydrogen) atoms. The number of rotatable bonds is 4. The molecule has 2 N–H and O–H groups in total. The van der Waals surface area contributed by atoms with Crippen molar-refractivity contribution in [3.63, 3.8) is 0 Å². The van der Waals surface area contributed by atoms with Crippen molar-refractivity contribution in [3.8, 4) is 0 Å². The lowest BCUT2D eigenvalue weighted by Gasteiger charge is -1.99. The fraction of sp³-hybridized carbons (Fsp3) is 0.143. The third-order valence-electron chi connectivity index (χ3n) is 0.719. The van der Waals surface area contributed by atoms with E-state index >= 15 is 0 Å². The van der Waals surface area contributed by atoms with Gasteiger partial charge in [0.05, 0.1) is 0 Å². The molecule has 0 heterocycles. The molecule has 50 valence electrons. The molecule has 0 aromatic carbocycles. The van der Waals surface area contributed by atoms with Gasteiger partial charge < -0.3 is 5.43 Å². The van der Waals surface area contributed by atoms with Crippen LogP contribution in [0.5, 0.6) is 0 Å². The summed E-state index contributed by atoms with van der Waals surface area (Å²) in [6.07, 6.45) is 5.33. The van der Waals surface area contributed by atoms with Gasteiger partial charge in [-0.3, -0.25) is 0 Å². The average Bonchev–Trinajstić information content (AvgIpc) is 1.85. The second-order valence-electron chi connectivity index (χ2n) is 1.50. The summed E-state index contributed by atoms with van der Waals surface area (Å²) in [6.45, 7) is 7.19. The first-order chi connectivity index (χ1) is 4.31. The second-order valence-corrected chi connectivity index (χ2v) is 1.50. The van der Waals surface area contributed by atoms with E-state index in [0.29, 0.717) is 0 Å². The minimum Gasteiger partial charge on any atom is -0.322 e. The van der Waals surface area contributed by atoms with Gasteiger partial charge in [-0.25, -0.2) is 5.43 Å². The molecule has 0 rings (SSSR count). The van der Waals surface area contributed by atoms with Crippen LogP contribution in [0.15, 0.2) is 37.1 Å². The zero-order chi connectivity index (χ0) is 7.11. The van der Waals surface area contributed by atoms with Gasteiger partial charge in [0, 0.05) is 12.7 Å². The molecular formula is C7H12N2. The highest BCUT2D eigenvalue weighted by Crippen LogP contribution is 1.83. The Kier molecular flexibility index (Phi) is 4.54. The molecule has 0 radical (unpaired) electrons. The van der Waals surface area contributed by atoms with Crippen LogP contribution in [-0.4, -0.2) is 7.05 Å². The number of hydrogen-bond acceptors (Lipinski definition) is 2. The van der Waals surface area contributed by atoms with Crippen LogP contribution in [0.4, 0.5) is 0 Å². The Labute approximate surface area is 55.9 Å². The van der Waals surface area contributed by atoms with E-state index in [1.165, 1.54) is 0 Å². The number of nitrogens with one attached hydrogen (secondary N) is 2. The van der Waals surface area contributed by atoms with Crippen LogP contribution in [0.25, 0.3) is 0 Å². The van der Waals surface area contributed by atoms with E-state index < -0.39 is 0 Å². The van der Waals surface area contributed by atoms with Gasteiger partial charge in [0.2, 0.25) is 0 Å². The second kappa shape index (κ2) is 5.12. The topological polar surface area (TPSA) is 24.1 Å². The molecular weight excluding hydrogens is 112 g/mol. The zero-order valence-corrected chi connectivity index (χ0v) is 5.65. The van der Waals surface area contributed by atoms with Crippen molar-refractivity contribution < 1.29 is 0 Å². The SMILES string of the molecule is C=C/C=C\C(=C)NNC. The number of hydrazine groups is 1. The summed E-state index contributed by atoms with van der Waals surface area (Å²) in [6, 6.07) is 0. The Balaban J connectivity index is 3.49. The van der Waals surface area contributed by atoms with E-state index in [0.717, 1.165) is 5.70 Å². The summed E-state index contributed by atoms with van der Waals surface area (Å²) in [7, 11) is 1.78. The lowest BCUT2D eigenvalue weighted by molar-refractivity contribution is 0.706. The Bertz CT molecular complexity index is 125. The van der Waals surface area contributed by atoms with E-state index in [-0.39, 0.29) is 0 Å². The van der Waals surface area contributed by atoms with Crippen molar-refractivity contribution in [1.29, 1.82) is 0 Å². The van der Waals surface area contributed by atoms with E-state index in [1.807, 2.05) is 12.2 Å². The van der Waals surface area contributed by atoms with Crippen molar-refractivity contribution in [1.82, 2.24) is 10.9 Å². The molecule has 0 fully saturated rings. The number of allylic oxidation sites excluding steroid dienone is 3. The van der Waals surface area contributed by atoms with Crippen LogP contribution in [0, 0.1) is 0 Å². The van der Waals surface area contributed by atoms with E-state index in [1.54, 1.807) is 13.1 Å². The van der Waals surface area contributed by atoms with Gasteiger partial charge in [-0.05, 0) is 6.08 Å².